The summed E-state index contributed by atoms with van der Waals surface area (Å²) in [4.78, 5) is 12.6. The van der Waals surface area contributed by atoms with E-state index >= 15 is 0 Å². The lowest BCUT2D eigenvalue weighted by Gasteiger charge is -2.27. The minimum Gasteiger partial charge on any atom is -0.488 e. The first-order valence-electron chi connectivity index (χ1n) is 9.90. The van der Waals surface area contributed by atoms with Gasteiger partial charge in [-0.1, -0.05) is 88.0 Å². The SMILES string of the molecule is C=CC(=O)c1cc(C(C)(C)C)c(OCc2ccccc2)c(-c2ccccc2)c1C. The summed E-state index contributed by atoms with van der Waals surface area (Å²) >= 11 is 0. The van der Waals surface area contributed by atoms with Crippen LogP contribution in [0, 0.1) is 6.92 Å². The highest BCUT2D eigenvalue weighted by Gasteiger charge is 2.27. The lowest BCUT2D eigenvalue weighted by atomic mass is 9.80. The van der Waals surface area contributed by atoms with E-state index in [4.69, 9.17) is 4.74 Å². The first kappa shape index (κ1) is 20.6. The Hall–Kier alpha value is -3.13. The maximum Gasteiger partial charge on any atom is 0.185 e. The molecule has 0 heterocycles. The Morgan fingerprint density at radius 2 is 1.59 bits per heavy atom. The largest absolute Gasteiger partial charge is 0.488 e. The topological polar surface area (TPSA) is 26.3 Å². The van der Waals surface area contributed by atoms with Crippen LogP contribution < -0.4 is 4.74 Å². The number of benzene rings is 3. The van der Waals surface area contributed by atoms with Crippen LogP contribution in [0.5, 0.6) is 5.75 Å². The van der Waals surface area contributed by atoms with Gasteiger partial charge in [-0.2, -0.15) is 0 Å². The van der Waals surface area contributed by atoms with Gasteiger partial charge in [0.1, 0.15) is 12.4 Å². The van der Waals surface area contributed by atoms with Gasteiger partial charge in [0.2, 0.25) is 0 Å². The molecule has 0 N–H and O–H groups in total. The molecule has 148 valence electrons. The molecular formula is C27H28O2. The maximum absolute atomic E-state index is 12.6. The van der Waals surface area contributed by atoms with E-state index in [0.29, 0.717) is 12.2 Å². The third-order valence-corrected chi connectivity index (χ3v) is 5.09. The molecule has 0 unspecified atom stereocenters. The summed E-state index contributed by atoms with van der Waals surface area (Å²) in [6.45, 7) is 12.6. The second-order valence-electron chi connectivity index (χ2n) is 8.26. The summed E-state index contributed by atoms with van der Waals surface area (Å²) in [5.41, 5.74) is 5.53. The van der Waals surface area contributed by atoms with Gasteiger partial charge in [0.25, 0.3) is 0 Å². The zero-order valence-electron chi connectivity index (χ0n) is 17.7. The fourth-order valence-electron chi connectivity index (χ4n) is 3.51. The minimum atomic E-state index is -0.195. The van der Waals surface area contributed by atoms with Crippen LogP contribution in [0.1, 0.15) is 47.8 Å². The molecule has 3 rings (SSSR count). The Labute approximate surface area is 173 Å². The van der Waals surface area contributed by atoms with Crippen molar-refractivity contribution in [3.05, 3.63) is 102 Å². The Morgan fingerprint density at radius 3 is 2.14 bits per heavy atom. The van der Waals surface area contributed by atoms with Crippen molar-refractivity contribution in [1.29, 1.82) is 0 Å². The van der Waals surface area contributed by atoms with Gasteiger partial charge in [0.05, 0.1) is 0 Å². The van der Waals surface area contributed by atoms with Crippen LogP contribution in [0.2, 0.25) is 0 Å². The minimum absolute atomic E-state index is 0.0696. The van der Waals surface area contributed by atoms with Crippen LogP contribution in [0.3, 0.4) is 0 Å². The van der Waals surface area contributed by atoms with Gasteiger partial charge < -0.3 is 4.74 Å². The quantitative estimate of drug-likeness (QED) is 0.341. The summed E-state index contributed by atoms with van der Waals surface area (Å²) in [5.74, 6) is 0.769. The van der Waals surface area contributed by atoms with Crippen molar-refractivity contribution < 1.29 is 9.53 Å². The first-order chi connectivity index (χ1) is 13.8. The van der Waals surface area contributed by atoms with Crippen LogP contribution in [0.25, 0.3) is 11.1 Å². The number of ether oxygens (including phenoxy) is 1. The van der Waals surface area contributed by atoms with Gasteiger partial charge in [0, 0.05) is 16.7 Å². The van der Waals surface area contributed by atoms with E-state index in [1.165, 1.54) is 6.08 Å². The first-order valence-corrected chi connectivity index (χ1v) is 9.90. The monoisotopic (exact) mass is 384 g/mol. The molecule has 0 spiro atoms. The maximum atomic E-state index is 12.6. The van der Waals surface area contributed by atoms with Gasteiger partial charge in [0.15, 0.2) is 5.78 Å². The average Bonchev–Trinajstić information content (AvgIpc) is 2.72. The molecular weight excluding hydrogens is 356 g/mol. The fraction of sp³-hybridized carbons (Fsp3) is 0.222. The molecule has 3 aromatic carbocycles. The van der Waals surface area contributed by atoms with E-state index < -0.39 is 0 Å². The second-order valence-corrected chi connectivity index (χ2v) is 8.26. The van der Waals surface area contributed by atoms with Gasteiger partial charge in [-0.05, 0) is 41.2 Å². The standard InChI is InChI=1S/C27H28O2/c1-6-24(28)22-17-23(27(3,4)5)26(29-18-20-13-9-7-10-14-20)25(19(22)2)21-15-11-8-12-16-21/h6-17H,1,18H2,2-5H3. The van der Waals surface area contributed by atoms with Gasteiger partial charge in [-0.15, -0.1) is 0 Å². The molecule has 0 amide bonds. The summed E-state index contributed by atoms with van der Waals surface area (Å²) in [5, 5.41) is 0. The average molecular weight is 385 g/mol. The Bertz CT molecular complexity index is 1010. The third-order valence-electron chi connectivity index (χ3n) is 5.09. The van der Waals surface area contributed by atoms with Crippen molar-refractivity contribution in [2.45, 2.75) is 39.7 Å². The number of carbonyl (C=O) groups excluding carboxylic acids is 1. The van der Waals surface area contributed by atoms with E-state index in [2.05, 4.69) is 51.6 Å². The van der Waals surface area contributed by atoms with Crippen molar-refractivity contribution >= 4 is 5.78 Å². The molecule has 2 heteroatoms. The number of ketones is 1. The third kappa shape index (κ3) is 4.48. The lowest BCUT2D eigenvalue weighted by molar-refractivity contribution is 0.104. The van der Waals surface area contributed by atoms with Crippen molar-refractivity contribution in [1.82, 2.24) is 0 Å². The molecule has 0 fully saturated rings. The number of rotatable bonds is 6. The predicted octanol–water partition coefficient (Wildman–Crippen LogP) is 6.91. The smallest absolute Gasteiger partial charge is 0.185 e. The van der Waals surface area contributed by atoms with Gasteiger partial charge >= 0.3 is 0 Å². The van der Waals surface area contributed by atoms with E-state index in [0.717, 1.165) is 33.6 Å². The highest BCUT2D eigenvalue weighted by atomic mass is 16.5. The number of allylic oxidation sites excluding steroid dienone is 1. The highest BCUT2D eigenvalue weighted by molar-refractivity contribution is 6.07. The fourth-order valence-corrected chi connectivity index (χ4v) is 3.51. The molecule has 29 heavy (non-hydrogen) atoms. The van der Waals surface area contributed by atoms with Crippen molar-refractivity contribution in [2.24, 2.45) is 0 Å². The van der Waals surface area contributed by atoms with Crippen LogP contribution in [0.4, 0.5) is 0 Å². The Morgan fingerprint density at radius 1 is 1.00 bits per heavy atom. The van der Waals surface area contributed by atoms with Crippen LogP contribution in [-0.2, 0) is 12.0 Å². The van der Waals surface area contributed by atoms with E-state index in [1.807, 2.05) is 49.4 Å². The summed E-state index contributed by atoms with van der Waals surface area (Å²) in [7, 11) is 0. The normalized spacial score (nSPS) is 11.2. The zero-order chi connectivity index (χ0) is 21.0. The molecule has 0 aliphatic carbocycles. The van der Waals surface area contributed by atoms with Crippen molar-refractivity contribution in [3.63, 3.8) is 0 Å². The summed E-state index contributed by atoms with van der Waals surface area (Å²) in [6, 6.07) is 22.2. The van der Waals surface area contributed by atoms with Gasteiger partial charge in [-0.25, -0.2) is 0 Å². The molecule has 0 aliphatic rings. The second kappa shape index (κ2) is 8.48. The van der Waals surface area contributed by atoms with Crippen LogP contribution in [0.15, 0.2) is 79.4 Å². The molecule has 0 aromatic heterocycles. The highest BCUT2D eigenvalue weighted by Crippen LogP contribution is 2.43. The molecule has 0 atom stereocenters. The van der Waals surface area contributed by atoms with E-state index in [1.54, 1.807) is 0 Å². The molecule has 0 saturated carbocycles. The Kier molecular flexibility index (Phi) is 6.03. The summed E-state index contributed by atoms with van der Waals surface area (Å²) < 4.78 is 6.45. The van der Waals surface area contributed by atoms with Crippen LogP contribution in [-0.4, -0.2) is 5.78 Å². The molecule has 0 radical (unpaired) electrons. The molecule has 2 nitrogen and oxygen atoms in total. The lowest BCUT2D eigenvalue weighted by Crippen LogP contribution is -2.17. The molecule has 0 bridgehead atoms. The molecule has 3 aromatic rings. The number of hydrogen-bond donors (Lipinski definition) is 0. The van der Waals surface area contributed by atoms with Crippen molar-refractivity contribution in [2.75, 3.05) is 0 Å². The van der Waals surface area contributed by atoms with E-state index in [-0.39, 0.29) is 11.2 Å². The van der Waals surface area contributed by atoms with Crippen LogP contribution >= 0.6 is 0 Å². The molecule has 0 aliphatic heterocycles. The number of carbonyl (C=O) groups is 1. The van der Waals surface area contributed by atoms with E-state index in [9.17, 15) is 4.79 Å². The van der Waals surface area contributed by atoms with Crippen molar-refractivity contribution in [3.8, 4) is 16.9 Å². The predicted molar refractivity (Wildman–Crippen MR) is 121 cm³/mol. The molecule has 0 saturated heterocycles. The summed E-state index contributed by atoms with van der Waals surface area (Å²) in [6.07, 6.45) is 1.38. The Balaban J connectivity index is 2.26. The number of hydrogen-bond acceptors (Lipinski definition) is 2. The zero-order valence-corrected chi connectivity index (χ0v) is 17.7. The van der Waals surface area contributed by atoms with Gasteiger partial charge in [-0.3, -0.25) is 4.79 Å².